The molecule has 122 valence electrons. The van der Waals surface area contributed by atoms with E-state index in [1.54, 1.807) is 0 Å². The molecule has 0 saturated heterocycles. The van der Waals surface area contributed by atoms with Crippen LogP contribution in [0.5, 0.6) is 0 Å². The SMILES string of the molecule is CN(C)CCC[C@]1(c2ccc(F)cc2)OCc2cc(Cl)ccc21. The summed E-state index contributed by atoms with van der Waals surface area (Å²) in [5, 5.41) is 0.718. The second-order valence-electron chi connectivity index (χ2n) is 6.33. The van der Waals surface area contributed by atoms with Gasteiger partial charge in [0.25, 0.3) is 0 Å². The first-order valence-electron chi connectivity index (χ1n) is 7.85. The molecular weight excluding hydrogens is 313 g/mol. The molecule has 0 fully saturated rings. The minimum atomic E-state index is -0.510. The first-order valence-corrected chi connectivity index (χ1v) is 8.23. The average Bonchev–Trinajstić information content (AvgIpc) is 2.87. The molecule has 3 rings (SSSR count). The highest BCUT2D eigenvalue weighted by molar-refractivity contribution is 6.30. The molecule has 0 unspecified atom stereocenters. The summed E-state index contributed by atoms with van der Waals surface area (Å²) < 4.78 is 19.6. The molecule has 0 bridgehead atoms. The maximum absolute atomic E-state index is 13.3. The van der Waals surface area contributed by atoms with Gasteiger partial charge in [0.05, 0.1) is 6.61 Å². The number of hydrogen-bond acceptors (Lipinski definition) is 2. The normalized spacial score (nSPS) is 20.0. The molecule has 1 aliphatic rings. The van der Waals surface area contributed by atoms with Crippen LogP contribution < -0.4 is 0 Å². The summed E-state index contributed by atoms with van der Waals surface area (Å²) in [6.45, 7) is 1.52. The molecule has 1 heterocycles. The van der Waals surface area contributed by atoms with Crippen molar-refractivity contribution in [1.82, 2.24) is 4.90 Å². The Morgan fingerprint density at radius 3 is 2.61 bits per heavy atom. The third kappa shape index (κ3) is 3.27. The third-order valence-corrected chi connectivity index (χ3v) is 4.66. The van der Waals surface area contributed by atoms with Gasteiger partial charge in [-0.3, -0.25) is 0 Å². The Morgan fingerprint density at radius 2 is 1.91 bits per heavy atom. The Balaban J connectivity index is 2.00. The van der Waals surface area contributed by atoms with E-state index >= 15 is 0 Å². The molecule has 23 heavy (non-hydrogen) atoms. The second kappa shape index (κ2) is 6.60. The van der Waals surface area contributed by atoms with E-state index in [9.17, 15) is 4.39 Å². The number of hydrogen-bond donors (Lipinski definition) is 0. The summed E-state index contributed by atoms with van der Waals surface area (Å²) in [5.74, 6) is -0.230. The molecule has 0 N–H and O–H groups in total. The number of fused-ring (bicyclic) bond motifs is 1. The summed E-state index contributed by atoms with van der Waals surface area (Å²) in [6.07, 6.45) is 1.85. The van der Waals surface area contributed by atoms with Crippen molar-refractivity contribution in [2.45, 2.75) is 25.0 Å². The Morgan fingerprint density at radius 1 is 1.17 bits per heavy atom. The fourth-order valence-corrected chi connectivity index (χ4v) is 3.50. The minimum Gasteiger partial charge on any atom is -0.361 e. The van der Waals surface area contributed by atoms with Gasteiger partial charge in [-0.1, -0.05) is 29.8 Å². The van der Waals surface area contributed by atoms with Gasteiger partial charge in [0.2, 0.25) is 0 Å². The topological polar surface area (TPSA) is 12.5 Å². The van der Waals surface area contributed by atoms with E-state index in [-0.39, 0.29) is 5.82 Å². The summed E-state index contributed by atoms with van der Waals surface area (Å²) in [5.41, 5.74) is 2.75. The predicted molar refractivity (Wildman–Crippen MR) is 91.2 cm³/mol. The quantitative estimate of drug-likeness (QED) is 0.793. The summed E-state index contributed by atoms with van der Waals surface area (Å²) in [6, 6.07) is 12.6. The lowest BCUT2D eigenvalue weighted by Gasteiger charge is -2.31. The van der Waals surface area contributed by atoms with E-state index in [4.69, 9.17) is 16.3 Å². The van der Waals surface area contributed by atoms with Crippen LogP contribution in [0.15, 0.2) is 42.5 Å². The van der Waals surface area contributed by atoms with Gasteiger partial charge in [0.1, 0.15) is 11.4 Å². The molecular formula is C19H21ClFNO. The Kier molecular flexibility index (Phi) is 4.72. The van der Waals surface area contributed by atoms with Crippen LogP contribution in [-0.2, 0) is 16.9 Å². The molecule has 2 nitrogen and oxygen atoms in total. The van der Waals surface area contributed by atoms with Crippen LogP contribution in [0.25, 0.3) is 0 Å². The lowest BCUT2D eigenvalue weighted by Crippen LogP contribution is -2.28. The maximum Gasteiger partial charge on any atom is 0.123 e. The van der Waals surface area contributed by atoms with Gasteiger partial charge in [0, 0.05) is 5.02 Å². The van der Waals surface area contributed by atoms with Crippen LogP contribution in [0.4, 0.5) is 4.39 Å². The van der Waals surface area contributed by atoms with Gasteiger partial charge in [-0.25, -0.2) is 4.39 Å². The van der Waals surface area contributed by atoms with Crippen molar-refractivity contribution in [3.05, 3.63) is 70.0 Å². The van der Waals surface area contributed by atoms with Crippen molar-refractivity contribution in [1.29, 1.82) is 0 Å². The third-order valence-electron chi connectivity index (χ3n) is 4.42. The highest BCUT2D eigenvalue weighted by Gasteiger charge is 2.41. The molecule has 0 radical (unpaired) electrons. The van der Waals surface area contributed by atoms with E-state index in [1.807, 2.05) is 30.3 Å². The van der Waals surface area contributed by atoms with Crippen LogP contribution >= 0.6 is 11.6 Å². The zero-order valence-corrected chi connectivity index (χ0v) is 14.2. The zero-order valence-electron chi connectivity index (χ0n) is 13.5. The van der Waals surface area contributed by atoms with Crippen LogP contribution in [0.3, 0.4) is 0 Å². The molecule has 4 heteroatoms. The van der Waals surface area contributed by atoms with Crippen LogP contribution in [0.1, 0.15) is 29.5 Å². The smallest absolute Gasteiger partial charge is 0.123 e. The predicted octanol–water partition coefficient (Wildman–Crippen LogP) is 4.59. The van der Waals surface area contributed by atoms with Gasteiger partial charge in [-0.2, -0.15) is 0 Å². The number of halogens is 2. The standard InChI is InChI=1S/C19H21ClFNO/c1-22(2)11-3-10-19(15-4-7-17(21)8-5-15)18-9-6-16(20)12-14(18)13-23-19/h4-9,12H,3,10-11,13H2,1-2H3/t19-/m1/s1. The minimum absolute atomic E-state index is 0.230. The number of nitrogens with zero attached hydrogens (tertiary/aromatic N) is 1. The van der Waals surface area contributed by atoms with E-state index in [0.29, 0.717) is 6.61 Å². The average molecular weight is 334 g/mol. The zero-order chi connectivity index (χ0) is 16.4. The summed E-state index contributed by atoms with van der Waals surface area (Å²) >= 11 is 6.12. The van der Waals surface area contributed by atoms with Crippen molar-refractivity contribution in [2.75, 3.05) is 20.6 Å². The maximum atomic E-state index is 13.3. The molecule has 2 aromatic rings. The molecule has 1 aliphatic heterocycles. The lowest BCUT2D eigenvalue weighted by molar-refractivity contribution is -0.0140. The van der Waals surface area contributed by atoms with Gasteiger partial charge >= 0.3 is 0 Å². The van der Waals surface area contributed by atoms with Crippen molar-refractivity contribution >= 4 is 11.6 Å². The second-order valence-corrected chi connectivity index (χ2v) is 6.77. The monoisotopic (exact) mass is 333 g/mol. The van der Waals surface area contributed by atoms with Crippen LogP contribution in [0.2, 0.25) is 5.02 Å². The summed E-state index contributed by atoms with van der Waals surface area (Å²) in [4.78, 5) is 2.16. The lowest BCUT2D eigenvalue weighted by atomic mass is 9.82. The van der Waals surface area contributed by atoms with E-state index < -0.39 is 5.60 Å². The number of benzene rings is 2. The Hall–Kier alpha value is -1.42. The van der Waals surface area contributed by atoms with E-state index in [2.05, 4.69) is 19.0 Å². The van der Waals surface area contributed by atoms with E-state index in [1.165, 1.54) is 12.1 Å². The van der Waals surface area contributed by atoms with E-state index in [0.717, 1.165) is 41.1 Å². The van der Waals surface area contributed by atoms with Gasteiger partial charge < -0.3 is 9.64 Å². The van der Waals surface area contributed by atoms with Crippen molar-refractivity contribution in [2.24, 2.45) is 0 Å². The molecule has 0 saturated carbocycles. The molecule has 0 aliphatic carbocycles. The van der Waals surface area contributed by atoms with Gasteiger partial charge in [0.15, 0.2) is 0 Å². The van der Waals surface area contributed by atoms with Crippen molar-refractivity contribution in [3.63, 3.8) is 0 Å². The first-order chi connectivity index (χ1) is 11.0. The van der Waals surface area contributed by atoms with Crippen LogP contribution in [-0.4, -0.2) is 25.5 Å². The van der Waals surface area contributed by atoms with Crippen molar-refractivity contribution in [3.8, 4) is 0 Å². The molecule has 2 aromatic carbocycles. The van der Waals surface area contributed by atoms with Gasteiger partial charge in [-0.15, -0.1) is 0 Å². The molecule has 0 aromatic heterocycles. The first kappa shape index (κ1) is 16.4. The Bertz CT molecular complexity index is 686. The van der Waals surface area contributed by atoms with Gasteiger partial charge in [-0.05, 0) is 74.4 Å². The summed E-state index contributed by atoms with van der Waals surface area (Å²) in [7, 11) is 4.13. The van der Waals surface area contributed by atoms with Crippen molar-refractivity contribution < 1.29 is 9.13 Å². The number of rotatable bonds is 5. The molecule has 1 atom stereocenters. The highest BCUT2D eigenvalue weighted by atomic mass is 35.5. The Labute approximate surface area is 141 Å². The van der Waals surface area contributed by atoms with Crippen LogP contribution in [0, 0.1) is 5.82 Å². The highest BCUT2D eigenvalue weighted by Crippen LogP contribution is 2.45. The molecule has 0 spiro atoms. The fourth-order valence-electron chi connectivity index (χ4n) is 3.31. The number of ether oxygens (including phenoxy) is 1. The fraction of sp³-hybridized carbons (Fsp3) is 0.368. The molecule has 0 amide bonds. The largest absolute Gasteiger partial charge is 0.361 e.